The Morgan fingerprint density at radius 3 is 2.50 bits per heavy atom. The van der Waals surface area contributed by atoms with Crippen molar-refractivity contribution in [3.05, 3.63) is 52.4 Å². The van der Waals surface area contributed by atoms with E-state index in [-0.39, 0.29) is 11.4 Å². The molecule has 1 aromatic carbocycles. The van der Waals surface area contributed by atoms with E-state index >= 15 is 0 Å². The van der Waals surface area contributed by atoms with E-state index in [9.17, 15) is 9.30 Å². The Morgan fingerprint density at radius 1 is 1.17 bits per heavy atom. The fraction of sp³-hybridized carbons (Fsp3) is 0.154. The third-order valence-electron chi connectivity index (χ3n) is 2.42. The average Bonchev–Trinajstić information content (AvgIpc) is 2.34. The van der Waals surface area contributed by atoms with Gasteiger partial charge in [-0.1, -0.05) is 0 Å². The van der Waals surface area contributed by atoms with Crippen LogP contribution in [0.4, 0.5) is 10.1 Å². The molecular weight excluding hydrogens is 235 g/mol. The molecule has 0 N–H and O–H groups in total. The lowest BCUT2D eigenvalue weighted by atomic mass is 10.2. The summed E-state index contributed by atoms with van der Waals surface area (Å²) in [7, 11) is 0. The average molecular weight is 246 g/mol. The minimum Gasteiger partial charge on any atom is -0.452 e. The van der Waals surface area contributed by atoms with Crippen LogP contribution in [0.25, 0.3) is 0 Å². The molecule has 0 radical (unpaired) electrons. The number of halogens is 1. The summed E-state index contributed by atoms with van der Waals surface area (Å²) in [6, 6.07) is 7.29. The maximum Gasteiger partial charge on any atom is 0.167 e. The molecule has 2 rings (SSSR count). The van der Waals surface area contributed by atoms with Crippen molar-refractivity contribution in [2.45, 2.75) is 13.8 Å². The zero-order valence-corrected chi connectivity index (χ0v) is 9.98. The Morgan fingerprint density at radius 2 is 1.89 bits per heavy atom. The highest BCUT2D eigenvalue weighted by atomic mass is 19.1. The van der Waals surface area contributed by atoms with E-state index in [1.165, 1.54) is 12.1 Å². The molecule has 0 atom stereocenters. The minimum atomic E-state index is -0.632. The third-order valence-corrected chi connectivity index (χ3v) is 2.42. The highest BCUT2D eigenvalue weighted by molar-refractivity contribution is 5.44. The van der Waals surface area contributed by atoms with Gasteiger partial charge in [0.15, 0.2) is 11.6 Å². The number of aromatic nitrogens is 1. The van der Waals surface area contributed by atoms with Crippen molar-refractivity contribution in [3.8, 4) is 11.5 Å². The van der Waals surface area contributed by atoms with E-state index in [0.29, 0.717) is 11.4 Å². The van der Waals surface area contributed by atoms with Crippen LogP contribution in [0.2, 0.25) is 0 Å². The van der Waals surface area contributed by atoms with Gasteiger partial charge in [-0.3, -0.25) is 4.98 Å². The quantitative estimate of drug-likeness (QED) is 0.768. The molecule has 0 aliphatic rings. The van der Waals surface area contributed by atoms with Crippen LogP contribution in [0.15, 0.2) is 35.5 Å². The van der Waals surface area contributed by atoms with E-state index in [2.05, 4.69) is 10.2 Å². The predicted molar refractivity (Wildman–Crippen MR) is 65.6 cm³/mol. The van der Waals surface area contributed by atoms with Crippen LogP contribution in [0, 0.1) is 24.6 Å². The number of rotatable bonds is 3. The second-order valence-electron chi connectivity index (χ2n) is 3.84. The SMILES string of the molecule is Cc1ccc(Oc2ccc(N=O)cc2F)c(C)n1. The van der Waals surface area contributed by atoms with Crippen LogP contribution in [0.3, 0.4) is 0 Å². The summed E-state index contributed by atoms with van der Waals surface area (Å²) < 4.78 is 19.0. The molecule has 92 valence electrons. The summed E-state index contributed by atoms with van der Waals surface area (Å²) in [5.41, 5.74) is 1.56. The standard InChI is InChI=1S/C13H11FN2O2/c1-8-3-5-12(9(2)15-8)18-13-6-4-10(16-17)7-11(13)14/h3-7H,1-2H3. The Balaban J connectivity index is 2.31. The number of aryl methyl sites for hydroxylation is 2. The zero-order chi connectivity index (χ0) is 13.1. The van der Waals surface area contributed by atoms with Crippen molar-refractivity contribution in [2.75, 3.05) is 0 Å². The number of nitrogens with zero attached hydrogens (tertiary/aromatic N) is 2. The van der Waals surface area contributed by atoms with Crippen molar-refractivity contribution in [1.82, 2.24) is 4.98 Å². The normalized spacial score (nSPS) is 10.2. The van der Waals surface area contributed by atoms with E-state index < -0.39 is 5.82 Å². The Kier molecular flexibility index (Phi) is 3.32. The number of nitroso groups, excluding NO2 is 1. The van der Waals surface area contributed by atoms with Gasteiger partial charge in [0.2, 0.25) is 0 Å². The van der Waals surface area contributed by atoms with Crippen molar-refractivity contribution < 1.29 is 9.13 Å². The van der Waals surface area contributed by atoms with E-state index in [1.807, 2.05) is 6.92 Å². The molecule has 1 aromatic heterocycles. The van der Waals surface area contributed by atoms with Gasteiger partial charge in [-0.15, -0.1) is 4.91 Å². The van der Waals surface area contributed by atoms with Crippen LogP contribution in [-0.2, 0) is 0 Å². The lowest BCUT2D eigenvalue weighted by Gasteiger charge is -2.09. The maximum atomic E-state index is 13.6. The van der Waals surface area contributed by atoms with Gasteiger partial charge in [0.1, 0.15) is 11.4 Å². The largest absolute Gasteiger partial charge is 0.452 e. The lowest BCUT2D eigenvalue weighted by Crippen LogP contribution is -1.93. The first-order valence-corrected chi connectivity index (χ1v) is 5.35. The van der Waals surface area contributed by atoms with Crippen LogP contribution in [-0.4, -0.2) is 4.98 Å². The van der Waals surface area contributed by atoms with E-state index in [4.69, 9.17) is 4.74 Å². The first-order chi connectivity index (χ1) is 8.60. The summed E-state index contributed by atoms with van der Waals surface area (Å²) in [6.45, 7) is 3.64. The van der Waals surface area contributed by atoms with Gasteiger partial charge in [-0.05, 0) is 43.3 Å². The molecular formula is C13H11FN2O2. The van der Waals surface area contributed by atoms with Crippen molar-refractivity contribution in [2.24, 2.45) is 5.18 Å². The van der Waals surface area contributed by atoms with Crippen LogP contribution >= 0.6 is 0 Å². The second kappa shape index (κ2) is 4.91. The molecule has 0 saturated carbocycles. The first-order valence-electron chi connectivity index (χ1n) is 5.35. The second-order valence-corrected chi connectivity index (χ2v) is 3.84. The Bertz CT molecular complexity index is 600. The molecule has 4 nitrogen and oxygen atoms in total. The van der Waals surface area contributed by atoms with Crippen LogP contribution in [0.5, 0.6) is 11.5 Å². The Labute approximate surface area is 103 Å². The maximum absolute atomic E-state index is 13.6. The highest BCUT2D eigenvalue weighted by Crippen LogP contribution is 2.28. The number of pyridine rings is 1. The molecule has 0 saturated heterocycles. The fourth-order valence-corrected chi connectivity index (χ4v) is 1.53. The molecule has 5 heteroatoms. The van der Waals surface area contributed by atoms with Gasteiger partial charge < -0.3 is 4.74 Å². The fourth-order valence-electron chi connectivity index (χ4n) is 1.53. The van der Waals surface area contributed by atoms with Gasteiger partial charge in [0.25, 0.3) is 0 Å². The monoisotopic (exact) mass is 246 g/mol. The van der Waals surface area contributed by atoms with Gasteiger partial charge in [0, 0.05) is 11.8 Å². The number of benzene rings is 1. The summed E-state index contributed by atoms with van der Waals surface area (Å²) in [5.74, 6) is -0.116. The number of ether oxygens (including phenoxy) is 1. The predicted octanol–water partition coefficient (Wildman–Crippen LogP) is 4.03. The molecule has 18 heavy (non-hydrogen) atoms. The zero-order valence-electron chi connectivity index (χ0n) is 9.98. The molecule has 0 spiro atoms. The lowest BCUT2D eigenvalue weighted by molar-refractivity contribution is 0.437. The summed E-state index contributed by atoms with van der Waals surface area (Å²) in [4.78, 5) is 14.5. The smallest absolute Gasteiger partial charge is 0.167 e. The number of hydrogen-bond donors (Lipinski definition) is 0. The first kappa shape index (κ1) is 12.2. The molecule has 0 fully saturated rings. The molecule has 0 amide bonds. The van der Waals surface area contributed by atoms with E-state index in [1.54, 1.807) is 19.1 Å². The summed E-state index contributed by atoms with van der Waals surface area (Å²) in [5, 5.41) is 2.65. The third kappa shape index (κ3) is 2.51. The molecule has 0 aliphatic heterocycles. The minimum absolute atomic E-state index is 0.0265. The Hall–Kier alpha value is -2.30. The summed E-state index contributed by atoms with van der Waals surface area (Å²) in [6.07, 6.45) is 0. The molecule has 0 unspecified atom stereocenters. The van der Waals surface area contributed by atoms with Gasteiger partial charge in [-0.25, -0.2) is 4.39 Å². The van der Waals surface area contributed by atoms with Crippen LogP contribution in [0.1, 0.15) is 11.4 Å². The van der Waals surface area contributed by atoms with Gasteiger partial charge >= 0.3 is 0 Å². The number of hydrogen-bond acceptors (Lipinski definition) is 4. The topological polar surface area (TPSA) is 51.5 Å². The van der Waals surface area contributed by atoms with Crippen molar-refractivity contribution >= 4 is 5.69 Å². The van der Waals surface area contributed by atoms with Gasteiger partial charge in [0.05, 0.1) is 5.69 Å². The molecule has 0 aliphatic carbocycles. The van der Waals surface area contributed by atoms with E-state index in [0.717, 1.165) is 11.8 Å². The van der Waals surface area contributed by atoms with Crippen molar-refractivity contribution in [1.29, 1.82) is 0 Å². The summed E-state index contributed by atoms with van der Waals surface area (Å²) >= 11 is 0. The molecule has 1 heterocycles. The molecule has 2 aromatic rings. The van der Waals surface area contributed by atoms with Gasteiger partial charge in [-0.2, -0.15) is 0 Å². The van der Waals surface area contributed by atoms with Crippen LogP contribution < -0.4 is 4.74 Å². The van der Waals surface area contributed by atoms with Crippen molar-refractivity contribution in [3.63, 3.8) is 0 Å². The molecule has 0 bridgehead atoms. The highest BCUT2D eigenvalue weighted by Gasteiger charge is 2.08.